The third kappa shape index (κ3) is 3.09. The van der Waals surface area contributed by atoms with E-state index in [4.69, 9.17) is 0 Å². The quantitative estimate of drug-likeness (QED) is 0.694. The Morgan fingerprint density at radius 3 is 2.06 bits per heavy atom. The number of hydrogen-bond donors (Lipinski definition) is 0. The van der Waals surface area contributed by atoms with E-state index in [1.807, 2.05) is 20.8 Å². The standard InChI is InChI=1S/C12H12BrF3O/c1-11(2,3)10-7(6-17)4-8(5-9(10)13)12(14,15)16/h4-6H,1-3H3. The van der Waals surface area contributed by atoms with Gasteiger partial charge in [-0.2, -0.15) is 13.2 Å². The molecule has 0 atom stereocenters. The summed E-state index contributed by atoms with van der Waals surface area (Å²) in [4.78, 5) is 10.9. The Hall–Kier alpha value is -0.840. The lowest BCUT2D eigenvalue weighted by atomic mass is 9.83. The molecular formula is C12H12BrF3O. The van der Waals surface area contributed by atoms with E-state index >= 15 is 0 Å². The fraction of sp³-hybridized carbons (Fsp3) is 0.417. The average Bonchev–Trinajstić information content (AvgIpc) is 2.12. The molecule has 0 aliphatic rings. The summed E-state index contributed by atoms with van der Waals surface area (Å²) < 4.78 is 38.0. The van der Waals surface area contributed by atoms with Crippen LogP contribution in [-0.2, 0) is 11.6 Å². The van der Waals surface area contributed by atoms with Crippen molar-refractivity contribution in [3.05, 3.63) is 33.3 Å². The minimum absolute atomic E-state index is 0.0687. The van der Waals surface area contributed by atoms with E-state index in [0.717, 1.165) is 12.1 Å². The largest absolute Gasteiger partial charge is 0.416 e. The first-order valence-electron chi connectivity index (χ1n) is 4.94. The van der Waals surface area contributed by atoms with Crippen molar-refractivity contribution in [3.8, 4) is 0 Å². The smallest absolute Gasteiger partial charge is 0.298 e. The summed E-state index contributed by atoms with van der Waals surface area (Å²) >= 11 is 3.11. The van der Waals surface area contributed by atoms with Gasteiger partial charge in [0.15, 0.2) is 0 Å². The van der Waals surface area contributed by atoms with Crippen LogP contribution < -0.4 is 0 Å². The maximum absolute atomic E-state index is 12.6. The highest BCUT2D eigenvalue weighted by Crippen LogP contribution is 2.38. The first-order chi connectivity index (χ1) is 7.57. The van der Waals surface area contributed by atoms with E-state index in [9.17, 15) is 18.0 Å². The molecule has 0 N–H and O–H groups in total. The summed E-state index contributed by atoms with van der Waals surface area (Å²) in [5, 5.41) is 0. The molecule has 94 valence electrons. The second-order valence-corrected chi connectivity index (χ2v) is 5.64. The van der Waals surface area contributed by atoms with Crippen LogP contribution in [0.3, 0.4) is 0 Å². The monoisotopic (exact) mass is 308 g/mol. The van der Waals surface area contributed by atoms with E-state index in [1.165, 1.54) is 0 Å². The molecule has 0 saturated carbocycles. The molecule has 0 unspecified atom stereocenters. The van der Waals surface area contributed by atoms with Crippen LogP contribution in [0.2, 0.25) is 0 Å². The fourth-order valence-corrected chi connectivity index (χ4v) is 2.75. The first kappa shape index (κ1) is 14.2. The van der Waals surface area contributed by atoms with Crippen LogP contribution in [0.15, 0.2) is 16.6 Å². The number of carbonyl (C=O) groups excluding carboxylic acids is 1. The summed E-state index contributed by atoms with van der Waals surface area (Å²) in [5.41, 5.74) is -0.571. The lowest BCUT2D eigenvalue weighted by Crippen LogP contribution is -2.17. The van der Waals surface area contributed by atoms with Crippen LogP contribution in [0.1, 0.15) is 42.3 Å². The second kappa shape index (κ2) is 4.44. The van der Waals surface area contributed by atoms with Crippen molar-refractivity contribution < 1.29 is 18.0 Å². The maximum atomic E-state index is 12.6. The van der Waals surface area contributed by atoms with Crippen LogP contribution in [0.5, 0.6) is 0 Å². The Morgan fingerprint density at radius 2 is 1.71 bits per heavy atom. The fourth-order valence-electron chi connectivity index (χ4n) is 1.68. The van der Waals surface area contributed by atoms with Gasteiger partial charge in [0.25, 0.3) is 0 Å². The molecule has 5 heteroatoms. The highest BCUT2D eigenvalue weighted by molar-refractivity contribution is 9.10. The van der Waals surface area contributed by atoms with Crippen LogP contribution in [0, 0.1) is 0 Å². The lowest BCUT2D eigenvalue weighted by molar-refractivity contribution is -0.137. The number of benzene rings is 1. The summed E-state index contributed by atoms with van der Waals surface area (Å²) in [6.45, 7) is 5.52. The Balaban J connectivity index is 3.53. The van der Waals surface area contributed by atoms with Gasteiger partial charge in [-0.25, -0.2) is 0 Å². The van der Waals surface area contributed by atoms with Gasteiger partial charge in [-0.3, -0.25) is 4.79 Å². The Labute approximate surface area is 106 Å². The van der Waals surface area contributed by atoms with Gasteiger partial charge in [-0.1, -0.05) is 36.7 Å². The molecule has 0 radical (unpaired) electrons. The van der Waals surface area contributed by atoms with Gasteiger partial charge >= 0.3 is 6.18 Å². The number of carbonyl (C=O) groups is 1. The second-order valence-electron chi connectivity index (χ2n) is 4.79. The lowest BCUT2D eigenvalue weighted by Gasteiger charge is -2.24. The van der Waals surface area contributed by atoms with Gasteiger partial charge in [0.05, 0.1) is 5.56 Å². The summed E-state index contributed by atoms with van der Waals surface area (Å²) in [7, 11) is 0. The molecule has 0 heterocycles. The Kier molecular flexibility index (Phi) is 3.72. The normalized spacial score (nSPS) is 12.6. The molecule has 1 aromatic carbocycles. The van der Waals surface area contributed by atoms with E-state index in [1.54, 1.807) is 0 Å². The highest BCUT2D eigenvalue weighted by atomic mass is 79.9. The number of aldehydes is 1. The summed E-state index contributed by atoms with van der Waals surface area (Å²) in [6, 6.07) is 1.89. The minimum Gasteiger partial charge on any atom is -0.298 e. The molecule has 0 aliphatic carbocycles. The SMILES string of the molecule is CC(C)(C)c1c(Br)cc(C(F)(F)F)cc1C=O. The molecule has 0 spiro atoms. The predicted octanol–water partition coefficient (Wildman–Crippen LogP) is 4.58. The topological polar surface area (TPSA) is 17.1 Å². The van der Waals surface area contributed by atoms with E-state index in [-0.39, 0.29) is 5.56 Å². The van der Waals surface area contributed by atoms with Gasteiger partial charge < -0.3 is 0 Å². The molecular weight excluding hydrogens is 297 g/mol. The molecule has 1 rings (SSSR count). The molecule has 1 nitrogen and oxygen atoms in total. The van der Waals surface area contributed by atoms with Crippen molar-refractivity contribution in [2.45, 2.75) is 32.4 Å². The highest BCUT2D eigenvalue weighted by Gasteiger charge is 2.33. The average molecular weight is 309 g/mol. The Morgan fingerprint density at radius 1 is 1.18 bits per heavy atom. The van der Waals surface area contributed by atoms with Crippen LogP contribution in [0.25, 0.3) is 0 Å². The zero-order chi connectivity index (χ0) is 13.4. The van der Waals surface area contributed by atoms with E-state index in [2.05, 4.69) is 15.9 Å². The summed E-state index contributed by atoms with van der Waals surface area (Å²) in [5.74, 6) is 0. The third-order valence-corrected chi connectivity index (χ3v) is 2.95. The molecule has 0 bridgehead atoms. The van der Waals surface area contributed by atoms with E-state index < -0.39 is 17.2 Å². The van der Waals surface area contributed by atoms with Crippen LogP contribution >= 0.6 is 15.9 Å². The minimum atomic E-state index is -4.45. The molecule has 0 aromatic heterocycles. The van der Waals surface area contributed by atoms with Crippen molar-refractivity contribution in [1.29, 1.82) is 0 Å². The summed E-state index contributed by atoms with van der Waals surface area (Å²) in [6.07, 6.45) is -3.99. The molecule has 0 aliphatic heterocycles. The molecule has 0 saturated heterocycles. The number of rotatable bonds is 1. The van der Waals surface area contributed by atoms with Gasteiger partial charge in [0.1, 0.15) is 6.29 Å². The third-order valence-electron chi connectivity index (χ3n) is 2.33. The Bertz CT molecular complexity index is 444. The van der Waals surface area contributed by atoms with Crippen LogP contribution in [-0.4, -0.2) is 6.29 Å². The first-order valence-corrected chi connectivity index (χ1v) is 5.73. The number of hydrogen-bond acceptors (Lipinski definition) is 1. The molecule has 0 amide bonds. The van der Waals surface area contributed by atoms with Gasteiger partial charge in [0.2, 0.25) is 0 Å². The van der Waals surface area contributed by atoms with Crippen molar-refractivity contribution in [2.24, 2.45) is 0 Å². The zero-order valence-electron chi connectivity index (χ0n) is 9.65. The zero-order valence-corrected chi connectivity index (χ0v) is 11.2. The van der Waals surface area contributed by atoms with Gasteiger partial charge in [0, 0.05) is 10.0 Å². The van der Waals surface area contributed by atoms with Crippen molar-refractivity contribution in [3.63, 3.8) is 0 Å². The molecule has 1 aromatic rings. The number of halogens is 4. The molecule has 0 fully saturated rings. The molecule has 17 heavy (non-hydrogen) atoms. The van der Waals surface area contributed by atoms with Crippen molar-refractivity contribution in [2.75, 3.05) is 0 Å². The van der Waals surface area contributed by atoms with Gasteiger partial charge in [-0.05, 0) is 23.1 Å². The maximum Gasteiger partial charge on any atom is 0.416 e. The van der Waals surface area contributed by atoms with Crippen molar-refractivity contribution >= 4 is 22.2 Å². The van der Waals surface area contributed by atoms with Gasteiger partial charge in [-0.15, -0.1) is 0 Å². The van der Waals surface area contributed by atoms with Crippen molar-refractivity contribution in [1.82, 2.24) is 0 Å². The predicted molar refractivity (Wildman–Crippen MR) is 63.2 cm³/mol. The number of alkyl halides is 3. The van der Waals surface area contributed by atoms with Crippen LogP contribution in [0.4, 0.5) is 13.2 Å². The van der Waals surface area contributed by atoms with E-state index in [0.29, 0.717) is 16.3 Å².